The van der Waals surface area contributed by atoms with Crippen LogP contribution in [0, 0.1) is 0 Å². The number of hydrogen-bond acceptors (Lipinski definition) is 3. The zero-order chi connectivity index (χ0) is 17.9. The summed E-state index contributed by atoms with van der Waals surface area (Å²) in [6.45, 7) is 0.450. The molecule has 0 saturated carbocycles. The Morgan fingerprint density at radius 3 is 2.65 bits per heavy atom. The lowest BCUT2D eigenvalue weighted by molar-refractivity contribution is 0.210. The van der Waals surface area contributed by atoms with Crippen molar-refractivity contribution in [1.29, 1.82) is 0 Å². The lowest BCUT2D eigenvalue weighted by Gasteiger charge is -2.16. The summed E-state index contributed by atoms with van der Waals surface area (Å²) in [5, 5.41) is 11.9. The second-order valence-electron chi connectivity index (χ2n) is 6.01. The number of aliphatic hydroxyl groups is 1. The Hall–Kier alpha value is -2.63. The maximum absolute atomic E-state index is 11.0. The van der Waals surface area contributed by atoms with Crippen LogP contribution in [0.25, 0.3) is 11.0 Å². The van der Waals surface area contributed by atoms with Crippen LogP contribution in [-0.4, -0.2) is 15.1 Å². The number of halogens is 1. The molecule has 4 nitrogen and oxygen atoms in total. The van der Waals surface area contributed by atoms with Crippen LogP contribution in [0.2, 0.25) is 0 Å². The van der Waals surface area contributed by atoms with E-state index in [0.717, 1.165) is 32.2 Å². The highest BCUT2D eigenvalue weighted by Crippen LogP contribution is 2.34. The maximum atomic E-state index is 11.0. The van der Waals surface area contributed by atoms with Gasteiger partial charge in [0.2, 0.25) is 0 Å². The molecule has 2 heterocycles. The van der Waals surface area contributed by atoms with Gasteiger partial charge in [0.1, 0.15) is 24.1 Å². The molecule has 5 heteroatoms. The van der Waals surface area contributed by atoms with Gasteiger partial charge in [-0.3, -0.25) is 0 Å². The van der Waals surface area contributed by atoms with E-state index in [1.807, 2.05) is 60.7 Å². The number of aromatic amines is 1. The van der Waals surface area contributed by atoms with Gasteiger partial charge in [-0.15, -0.1) is 0 Å². The maximum Gasteiger partial charge on any atom is 0.137 e. The molecule has 26 heavy (non-hydrogen) atoms. The minimum absolute atomic E-state index is 0.450. The molecule has 4 rings (SSSR count). The standard InChI is InChI=1S/C21H17BrN2O2/c22-15-10-17-18(12-24-21(17)23-11-15)20(25)16-8-4-5-9-19(16)26-13-14-6-2-1-3-7-14/h1-12,20,25H,13H2,(H,23,24). The van der Waals surface area contributed by atoms with E-state index in [0.29, 0.717) is 12.4 Å². The van der Waals surface area contributed by atoms with Crippen LogP contribution in [0.3, 0.4) is 0 Å². The minimum Gasteiger partial charge on any atom is -0.489 e. The van der Waals surface area contributed by atoms with Crippen molar-refractivity contribution in [2.45, 2.75) is 12.7 Å². The Balaban J connectivity index is 1.65. The van der Waals surface area contributed by atoms with Gasteiger partial charge in [0.05, 0.1) is 0 Å². The number of hydrogen-bond donors (Lipinski definition) is 2. The van der Waals surface area contributed by atoms with E-state index < -0.39 is 6.10 Å². The summed E-state index contributed by atoms with van der Waals surface area (Å²) in [7, 11) is 0. The summed E-state index contributed by atoms with van der Waals surface area (Å²) in [5.74, 6) is 0.668. The van der Waals surface area contributed by atoms with Crippen LogP contribution in [-0.2, 0) is 6.61 Å². The molecule has 0 amide bonds. The normalized spacial score (nSPS) is 12.2. The number of nitrogens with one attached hydrogen (secondary N) is 1. The molecule has 0 aliphatic heterocycles. The second-order valence-corrected chi connectivity index (χ2v) is 6.92. The fourth-order valence-electron chi connectivity index (χ4n) is 2.97. The van der Waals surface area contributed by atoms with Gasteiger partial charge in [-0.25, -0.2) is 4.98 Å². The third-order valence-corrected chi connectivity index (χ3v) is 4.71. The molecule has 0 spiro atoms. The molecular formula is C21H17BrN2O2. The summed E-state index contributed by atoms with van der Waals surface area (Å²) in [6.07, 6.45) is 2.71. The fourth-order valence-corrected chi connectivity index (χ4v) is 3.30. The molecule has 4 aromatic rings. The average molecular weight is 409 g/mol. The second kappa shape index (κ2) is 7.32. The van der Waals surface area contributed by atoms with Crippen molar-refractivity contribution in [2.24, 2.45) is 0 Å². The summed E-state index contributed by atoms with van der Waals surface area (Å²) < 4.78 is 6.85. The number of aliphatic hydroxyl groups excluding tert-OH is 1. The van der Waals surface area contributed by atoms with Gasteiger partial charge in [-0.1, -0.05) is 48.5 Å². The zero-order valence-corrected chi connectivity index (χ0v) is 15.5. The van der Waals surface area contributed by atoms with Crippen LogP contribution in [0.5, 0.6) is 5.75 Å². The quantitative estimate of drug-likeness (QED) is 0.489. The van der Waals surface area contributed by atoms with Gasteiger partial charge in [0.15, 0.2) is 0 Å². The summed E-state index contributed by atoms with van der Waals surface area (Å²) in [5.41, 5.74) is 3.32. The van der Waals surface area contributed by atoms with Crippen molar-refractivity contribution < 1.29 is 9.84 Å². The van der Waals surface area contributed by atoms with Crippen molar-refractivity contribution in [2.75, 3.05) is 0 Å². The van der Waals surface area contributed by atoms with Crippen LogP contribution in [0.4, 0.5) is 0 Å². The van der Waals surface area contributed by atoms with Crippen molar-refractivity contribution >= 4 is 27.0 Å². The van der Waals surface area contributed by atoms with Gasteiger partial charge < -0.3 is 14.8 Å². The number of ether oxygens (including phenoxy) is 1. The Kier molecular flexibility index (Phi) is 4.73. The number of rotatable bonds is 5. The van der Waals surface area contributed by atoms with E-state index in [2.05, 4.69) is 25.9 Å². The predicted molar refractivity (Wildman–Crippen MR) is 105 cm³/mol. The molecular weight excluding hydrogens is 392 g/mol. The molecule has 0 aliphatic carbocycles. The first-order valence-corrected chi connectivity index (χ1v) is 9.08. The molecule has 1 unspecified atom stereocenters. The van der Waals surface area contributed by atoms with Gasteiger partial charge in [0, 0.05) is 33.4 Å². The molecule has 0 radical (unpaired) electrons. The monoisotopic (exact) mass is 408 g/mol. The third-order valence-electron chi connectivity index (χ3n) is 4.28. The molecule has 2 aromatic heterocycles. The smallest absolute Gasteiger partial charge is 0.137 e. The van der Waals surface area contributed by atoms with E-state index in [4.69, 9.17) is 4.74 Å². The summed E-state index contributed by atoms with van der Waals surface area (Å²) in [6, 6.07) is 19.5. The topological polar surface area (TPSA) is 58.1 Å². The number of pyridine rings is 1. The lowest BCUT2D eigenvalue weighted by Crippen LogP contribution is -2.04. The first kappa shape index (κ1) is 16.8. The van der Waals surface area contributed by atoms with Gasteiger partial charge in [-0.05, 0) is 33.6 Å². The van der Waals surface area contributed by atoms with Gasteiger partial charge in [0.25, 0.3) is 0 Å². The number of aromatic nitrogens is 2. The molecule has 0 bridgehead atoms. The summed E-state index contributed by atoms with van der Waals surface area (Å²) in [4.78, 5) is 7.44. The Morgan fingerprint density at radius 2 is 1.81 bits per heavy atom. The Labute approximate surface area is 159 Å². The van der Waals surface area contributed by atoms with Crippen LogP contribution < -0.4 is 4.74 Å². The lowest BCUT2D eigenvalue weighted by atomic mass is 10.0. The van der Waals surface area contributed by atoms with Crippen molar-refractivity contribution in [1.82, 2.24) is 9.97 Å². The Morgan fingerprint density at radius 1 is 1.04 bits per heavy atom. The zero-order valence-electron chi connectivity index (χ0n) is 13.9. The molecule has 1 atom stereocenters. The third kappa shape index (κ3) is 3.36. The fraction of sp³-hybridized carbons (Fsp3) is 0.0952. The largest absolute Gasteiger partial charge is 0.489 e. The SMILES string of the molecule is OC(c1ccccc1OCc1ccccc1)c1c[nH]c2ncc(Br)cc12. The van der Waals surface area contributed by atoms with Gasteiger partial charge in [-0.2, -0.15) is 0 Å². The summed E-state index contributed by atoms with van der Waals surface area (Å²) >= 11 is 3.44. The number of H-pyrrole nitrogens is 1. The number of para-hydroxylation sites is 1. The van der Waals surface area contributed by atoms with Crippen molar-refractivity contribution in [3.63, 3.8) is 0 Å². The molecule has 0 aliphatic rings. The minimum atomic E-state index is -0.813. The van der Waals surface area contributed by atoms with E-state index in [-0.39, 0.29) is 0 Å². The van der Waals surface area contributed by atoms with Gasteiger partial charge >= 0.3 is 0 Å². The van der Waals surface area contributed by atoms with E-state index in [1.165, 1.54) is 0 Å². The Bertz CT molecular complexity index is 1030. The van der Waals surface area contributed by atoms with E-state index >= 15 is 0 Å². The molecule has 2 aromatic carbocycles. The highest BCUT2D eigenvalue weighted by atomic mass is 79.9. The molecule has 130 valence electrons. The molecule has 0 fully saturated rings. The van der Waals surface area contributed by atoms with Crippen LogP contribution in [0.15, 0.2) is 77.5 Å². The van der Waals surface area contributed by atoms with Crippen molar-refractivity contribution in [3.05, 3.63) is 94.2 Å². The van der Waals surface area contributed by atoms with Crippen LogP contribution >= 0.6 is 15.9 Å². The first-order chi connectivity index (χ1) is 12.7. The number of benzene rings is 2. The van der Waals surface area contributed by atoms with E-state index in [9.17, 15) is 5.11 Å². The number of fused-ring (bicyclic) bond motifs is 1. The van der Waals surface area contributed by atoms with Crippen LogP contribution in [0.1, 0.15) is 22.8 Å². The highest BCUT2D eigenvalue weighted by Gasteiger charge is 2.19. The van der Waals surface area contributed by atoms with Crippen molar-refractivity contribution in [3.8, 4) is 5.75 Å². The molecule has 0 saturated heterocycles. The first-order valence-electron chi connectivity index (χ1n) is 8.28. The predicted octanol–water partition coefficient (Wildman–Crippen LogP) is 4.99. The average Bonchev–Trinajstić information content (AvgIpc) is 3.10. The highest BCUT2D eigenvalue weighted by molar-refractivity contribution is 9.10. The van der Waals surface area contributed by atoms with E-state index in [1.54, 1.807) is 12.4 Å². The number of nitrogens with zero attached hydrogens (tertiary/aromatic N) is 1. The molecule has 2 N–H and O–H groups in total.